The van der Waals surface area contributed by atoms with Gasteiger partial charge in [-0.3, -0.25) is 0 Å². The van der Waals surface area contributed by atoms with Crippen LogP contribution in [0.3, 0.4) is 0 Å². The van der Waals surface area contributed by atoms with Gasteiger partial charge in [0.15, 0.2) is 17.3 Å². The van der Waals surface area contributed by atoms with Gasteiger partial charge in [-0.25, -0.2) is 15.0 Å². The zero-order valence-corrected chi connectivity index (χ0v) is 15.6. The van der Waals surface area contributed by atoms with Crippen molar-refractivity contribution >= 4 is 0 Å². The Bertz CT molecular complexity index is 1040. The predicted octanol–water partition coefficient (Wildman–Crippen LogP) is 3.51. The maximum atomic E-state index is 13.3. The van der Waals surface area contributed by atoms with Crippen molar-refractivity contribution in [1.29, 1.82) is 0 Å². The Morgan fingerprint density at radius 1 is 1.10 bits per heavy atom. The fourth-order valence-corrected chi connectivity index (χ4v) is 3.01. The van der Waals surface area contributed by atoms with Gasteiger partial charge in [-0.2, -0.15) is 0 Å². The molecule has 0 saturated carbocycles. The highest BCUT2D eigenvalue weighted by Gasteiger charge is 2.43. The van der Waals surface area contributed by atoms with Crippen LogP contribution in [0.25, 0.3) is 11.3 Å². The number of aromatic nitrogens is 3. The lowest BCUT2D eigenvalue weighted by Gasteiger charge is -2.15. The van der Waals surface area contributed by atoms with Crippen molar-refractivity contribution in [1.82, 2.24) is 15.0 Å². The van der Waals surface area contributed by atoms with Crippen molar-refractivity contribution in [3.05, 3.63) is 59.8 Å². The van der Waals surface area contributed by atoms with E-state index in [1.165, 1.54) is 19.2 Å². The molecule has 0 spiro atoms. The van der Waals surface area contributed by atoms with Gasteiger partial charge in [0.2, 0.25) is 0 Å². The molecule has 0 aliphatic carbocycles. The van der Waals surface area contributed by atoms with E-state index in [0.29, 0.717) is 28.5 Å². The Kier molecular flexibility index (Phi) is 4.75. The number of alkyl halides is 2. The van der Waals surface area contributed by atoms with E-state index in [4.69, 9.17) is 9.84 Å². The highest BCUT2D eigenvalue weighted by atomic mass is 19.3. The summed E-state index contributed by atoms with van der Waals surface area (Å²) < 4.78 is 41.0. The molecule has 1 aliphatic rings. The number of halogens is 2. The molecule has 3 heterocycles. The molecule has 0 fully saturated rings. The highest BCUT2D eigenvalue weighted by Crippen LogP contribution is 2.44. The van der Waals surface area contributed by atoms with Crippen molar-refractivity contribution < 1.29 is 28.1 Å². The molecule has 0 amide bonds. The second-order valence-electron chi connectivity index (χ2n) is 6.43. The lowest BCUT2D eigenvalue weighted by atomic mass is 9.99. The summed E-state index contributed by atoms with van der Waals surface area (Å²) >= 11 is 0. The van der Waals surface area contributed by atoms with Crippen molar-refractivity contribution in [2.24, 2.45) is 0 Å². The molecule has 29 heavy (non-hydrogen) atoms. The first kappa shape index (κ1) is 19.0. The van der Waals surface area contributed by atoms with Crippen LogP contribution in [0.2, 0.25) is 0 Å². The van der Waals surface area contributed by atoms with Gasteiger partial charge in [0, 0.05) is 29.6 Å². The molecule has 0 saturated heterocycles. The first-order chi connectivity index (χ1) is 13.9. The molecule has 1 unspecified atom stereocenters. The minimum atomic E-state index is -3.68. The van der Waals surface area contributed by atoms with E-state index < -0.39 is 6.29 Å². The SMILES string of the molecule is COc1ccc(C(C)c2cnc(CO)nc2)nc1-c1ccc2c(c1)OC(F)(F)O2. The topological polar surface area (TPSA) is 86.6 Å². The van der Waals surface area contributed by atoms with E-state index in [0.717, 1.165) is 5.56 Å². The number of hydrogen-bond donors (Lipinski definition) is 1. The van der Waals surface area contributed by atoms with Gasteiger partial charge in [0.25, 0.3) is 0 Å². The molecule has 1 aliphatic heterocycles. The summed E-state index contributed by atoms with van der Waals surface area (Å²) in [4.78, 5) is 12.9. The van der Waals surface area contributed by atoms with Crippen LogP contribution in [0.15, 0.2) is 42.7 Å². The van der Waals surface area contributed by atoms with Crippen molar-refractivity contribution in [2.75, 3.05) is 7.11 Å². The zero-order chi connectivity index (χ0) is 20.6. The molecule has 150 valence electrons. The molecule has 2 aromatic heterocycles. The Hall–Kier alpha value is -3.33. The summed E-state index contributed by atoms with van der Waals surface area (Å²) in [5.74, 6) is 0.567. The number of rotatable bonds is 5. The molecule has 3 aromatic rings. The molecule has 4 rings (SSSR count). The smallest absolute Gasteiger partial charge is 0.494 e. The van der Waals surface area contributed by atoms with Crippen LogP contribution in [0.5, 0.6) is 17.2 Å². The number of aliphatic hydroxyl groups is 1. The first-order valence-corrected chi connectivity index (χ1v) is 8.77. The van der Waals surface area contributed by atoms with E-state index >= 15 is 0 Å². The predicted molar refractivity (Wildman–Crippen MR) is 97.9 cm³/mol. The number of pyridine rings is 1. The molecule has 0 bridgehead atoms. The van der Waals surface area contributed by atoms with Gasteiger partial charge in [-0.15, -0.1) is 8.78 Å². The van der Waals surface area contributed by atoms with Crippen LogP contribution in [0.4, 0.5) is 8.78 Å². The quantitative estimate of drug-likeness (QED) is 0.700. The monoisotopic (exact) mass is 401 g/mol. The fourth-order valence-electron chi connectivity index (χ4n) is 3.01. The van der Waals surface area contributed by atoms with Gasteiger partial charge in [-0.1, -0.05) is 6.92 Å². The van der Waals surface area contributed by atoms with Crippen LogP contribution >= 0.6 is 0 Å². The number of ether oxygens (including phenoxy) is 3. The Balaban J connectivity index is 1.71. The Labute approximate surface area is 164 Å². The number of hydrogen-bond acceptors (Lipinski definition) is 7. The van der Waals surface area contributed by atoms with Gasteiger partial charge in [0.1, 0.15) is 18.1 Å². The van der Waals surface area contributed by atoms with Crippen LogP contribution in [0.1, 0.15) is 29.9 Å². The molecular formula is C20H17F2N3O4. The average molecular weight is 401 g/mol. The van der Waals surface area contributed by atoms with E-state index in [9.17, 15) is 8.78 Å². The lowest BCUT2D eigenvalue weighted by Crippen LogP contribution is -2.25. The largest absolute Gasteiger partial charge is 0.586 e. The fraction of sp³-hybridized carbons (Fsp3) is 0.250. The third-order valence-corrected chi connectivity index (χ3v) is 4.58. The molecule has 1 N–H and O–H groups in total. The lowest BCUT2D eigenvalue weighted by molar-refractivity contribution is -0.286. The maximum Gasteiger partial charge on any atom is 0.586 e. The van der Waals surface area contributed by atoms with Gasteiger partial charge < -0.3 is 19.3 Å². The zero-order valence-electron chi connectivity index (χ0n) is 15.6. The summed E-state index contributed by atoms with van der Waals surface area (Å²) in [6.07, 6.45) is -0.412. The molecule has 9 heteroatoms. The number of fused-ring (bicyclic) bond motifs is 1. The minimum Gasteiger partial charge on any atom is -0.494 e. The third-order valence-electron chi connectivity index (χ3n) is 4.58. The number of methoxy groups -OCH3 is 1. The normalized spacial score (nSPS) is 15.2. The number of aliphatic hydroxyl groups excluding tert-OH is 1. The van der Waals surface area contributed by atoms with Crippen molar-refractivity contribution in [3.8, 4) is 28.5 Å². The summed E-state index contributed by atoms with van der Waals surface area (Å²) in [5, 5.41) is 9.09. The van der Waals surface area contributed by atoms with E-state index in [-0.39, 0.29) is 24.0 Å². The Morgan fingerprint density at radius 2 is 1.83 bits per heavy atom. The van der Waals surface area contributed by atoms with E-state index in [1.54, 1.807) is 24.5 Å². The standard InChI is InChI=1S/C20H17F2N3O4/c1-11(13-8-23-18(10-26)24-9-13)14-4-6-16(27-2)19(25-14)12-3-5-15-17(7-12)29-20(21,22)28-15/h3-9,11,26H,10H2,1-2H3. The van der Waals surface area contributed by atoms with Crippen molar-refractivity contribution in [2.45, 2.75) is 25.7 Å². The van der Waals surface area contributed by atoms with Crippen LogP contribution in [0, 0.1) is 0 Å². The van der Waals surface area contributed by atoms with Gasteiger partial charge in [0.05, 0.1) is 7.11 Å². The summed E-state index contributed by atoms with van der Waals surface area (Å²) in [5.41, 5.74) is 2.55. The highest BCUT2D eigenvalue weighted by molar-refractivity contribution is 5.70. The number of benzene rings is 1. The van der Waals surface area contributed by atoms with E-state index in [2.05, 4.69) is 24.4 Å². The summed E-state index contributed by atoms with van der Waals surface area (Å²) in [7, 11) is 1.51. The molecule has 1 atom stereocenters. The molecule has 0 radical (unpaired) electrons. The van der Waals surface area contributed by atoms with Crippen LogP contribution in [-0.4, -0.2) is 33.5 Å². The van der Waals surface area contributed by atoms with Crippen molar-refractivity contribution in [3.63, 3.8) is 0 Å². The summed E-state index contributed by atoms with van der Waals surface area (Å²) in [6, 6.07) is 8.03. The summed E-state index contributed by atoms with van der Waals surface area (Å²) in [6.45, 7) is 1.71. The molecule has 7 nitrogen and oxygen atoms in total. The number of nitrogens with zero attached hydrogens (tertiary/aromatic N) is 3. The third kappa shape index (κ3) is 3.68. The molecular weight excluding hydrogens is 384 g/mol. The second kappa shape index (κ2) is 7.25. The Morgan fingerprint density at radius 3 is 2.52 bits per heavy atom. The van der Waals surface area contributed by atoms with Gasteiger partial charge >= 0.3 is 6.29 Å². The van der Waals surface area contributed by atoms with Crippen LogP contribution in [-0.2, 0) is 6.61 Å². The average Bonchev–Trinajstić information content (AvgIpc) is 3.05. The maximum absolute atomic E-state index is 13.3. The van der Waals surface area contributed by atoms with Crippen LogP contribution < -0.4 is 14.2 Å². The van der Waals surface area contributed by atoms with Gasteiger partial charge in [-0.05, 0) is 35.9 Å². The molecule has 1 aromatic carbocycles. The van der Waals surface area contributed by atoms with E-state index in [1.807, 2.05) is 13.0 Å². The first-order valence-electron chi connectivity index (χ1n) is 8.77. The second-order valence-corrected chi connectivity index (χ2v) is 6.43. The minimum absolute atomic E-state index is 0.0386.